The number of ether oxygens (including phenoxy) is 1. The third-order valence-corrected chi connectivity index (χ3v) is 6.72. The van der Waals surface area contributed by atoms with Crippen LogP contribution in [0.25, 0.3) is 10.9 Å². The average molecular weight is 553 g/mol. The number of rotatable bonds is 11. The molecule has 0 aliphatic carbocycles. The maximum atomic E-state index is 13.8. The van der Waals surface area contributed by atoms with Crippen LogP contribution < -0.4 is 15.4 Å². The number of benzene rings is 2. The van der Waals surface area contributed by atoms with Crippen molar-refractivity contribution < 1.29 is 23.4 Å². The number of halogens is 2. The average Bonchev–Trinajstić information content (AvgIpc) is 3.40. The molecule has 2 aromatic carbocycles. The molecule has 40 heavy (non-hydrogen) atoms. The minimum atomic E-state index is -1.13. The molecular formula is C27H30F2N8O3. The van der Waals surface area contributed by atoms with E-state index in [1.165, 1.54) is 23.0 Å². The zero-order valence-corrected chi connectivity index (χ0v) is 21.8. The molecule has 2 aromatic heterocycles. The van der Waals surface area contributed by atoms with E-state index in [9.17, 15) is 18.7 Å². The molecule has 1 saturated heterocycles. The summed E-state index contributed by atoms with van der Waals surface area (Å²) in [6.07, 6.45) is 6.14. The summed E-state index contributed by atoms with van der Waals surface area (Å²) in [4.78, 5) is 23.5. The quantitative estimate of drug-likeness (QED) is 0.240. The number of fused-ring (bicyclic) bond motifs is 1. The fourth-order valence-corrected chi connectivity index (χ4v) is 4.51. The van der Waals surface area contributed by atoms with E-state index >= 15 is 0 Å². The fourth-order valence-electron chi connectivity index (χ4n) is 4.51. The van der Waals surface area contributed by atoms with Crippen molar-refractivity contribution in [2.75, 3.05) is 43.5 Å². The van der Waals surface area contributed by atoms with Gasteiger partial charge in [0.2, 0.25) is 11.9 Å². The van der Waals surface area contributed by atoms with Gasteiger partial charge in [0, 0.05) is 30.8 Å². The largest absolute Gasteiger partial charge is 0.493 e. The summed E-state index contributed by atoms with van der Waals surface area (Å²) in [5.41, 5.74) is 0.431. The minimum absolute atomic E-state index is 0.254. The van der Waals surface area contributed by atoms with Gasteiger partial charge in [-0.15, -0.1) is 5.10 Å². The van der Waals surface area contributed by atoms with Crippen LogP contribution in [0, 0.1) is 17.6 Å². The summed E-state index contributed by atoms with van der Waals surface area (Å²) in [5, 5.41) is 23.2. The molecule has 11 nitrogen and oxygen atoms in total. The van der Waals surface area contributed by atoms with Crippen molar-refractivity contribution in [1.82, 2.24) is 29.9 Å². The van der Waals surface area contributed by atoms with Gasteiger partial charge in [-0.3, -0.25) is 4.79 Å². The summed E-state index contributed by atoms with van der Waals surface area (Å²) in [7, 11) is 0. The van der Waals surface area contributed by atoms with Crippen molar-refractivity contribution in [1.29, 1.82) is 0 Å². The van der Waals surface area contributed by atoms with Gasteiger partial charge in [-0.2, -0.15) is 0 Å². The van der Waals surface area contributed by atoms with E-state index in [2.05, 4.69) is 35.8 Å². The molecular weight excluding hydrogens is 522 g/mol. The van der Waals surface area contributed by atoms with Crippen LogP contribution >= 0.6 is 0 Å². The first-order chi connectivity index (χ1) is 19.5. The number of hydrogen-bond donors (Lipinski definition) is 3. The first-order valence-corrected chi connectivity index (χ1v) is 13.1. The monoisotopic (exact) mass is 552 g/mol. The number of likely N-dealkylation sites (tertiary alicyclic amines) is 1. The van der Waals surface area contributed by atoms with E-state index < -0.39 is 17.5 Å². The molecule has 4 aromatic rings. The SMILES string of the molecule is O=C(Cn1cc(Nc2ncc3ccc(OCCCN4CCC(CO)CC4)cc3n2)nn1)Nc1cccc(F)c1F. The number of hydrogen-bond acceptors (Lipinski definition) is 9. The highest BCUT2D eigenvalue weighted by Gasteiger charge is 2.18. The number of nitrogens with one attached hydrogen (secondary N) is 2. The van der Waals surface area contributed by atoms with Crippen molar-refractivity contribution in [2.45, 2.75) is 25.8 Å². The number of aliphatic hydroxyl groups is 1. The molecule has 0 bridgehead atoms. The van der Waals surface area contributed by atoms with Gasteiger partial charge in [-0.1, -0.05) is 11.3 Å². The lowest BCUT2D eigenvalue weighted by atomic mass is 9.98. The lowest BCUT2D eigenvalue weighted by Gasteiger charge is -2.30. The van der Waals surface area contributed by atoms with Crippen molar-refractivity contribution in [3.63, 3.8) is 0 Å². The third kappa shape index (κ3) is 7.04. The minimum Gasteiger partial charge on any atom is -0.493 e. The molecule has 1 amide bonds. The van der Waals surface area contributed by atoms with Crippen LogP contribution in [0.1, 0.15) is 19.3 Å². The Hall–Kier alpha value is -4.23. The Morgan fingerprint density at radius 1 is 1.18 bits per heavy atom. The molecule has 210 valence electrons. The van der Waals surface area contributed by atoms with E-state index in [1.54, 1.807) is 6.20 Å². The standard InChI is InChI=1S/C27H30F2N8O3/c28-21-3-1-4-22(26(21)29)31-25(39)16-37-15-24(34-35-37)33-27-30-14-19-5-6-20(13-23(19)32-27)40-12-2-9-36-10-7-18(17-38)8-11-36/h1,3-6,13-15,18,38H,2,7-12,16-17H2,(H,31,39)(H,30,32,33). The second kappa shape index (κ2) is 12.7. The second-order valence-electron chi connectivity index (χ2n) is 9.66. The van der Waals surface area contributed by atoms with Crippen molar-refractivity contribution in [2.24, 2.45) is 5.92 Å². The predicted octanol–water partition coefficient (Wildman–Crippen LogP) is 3.36. The number of carbonyl (C=O) groups excluding carboxylic acids is 1. The Morgan fingerprint density at radius 2 is 2.02 bits per heavy atom. The Kier molecular flexibility index (Phi) is 8.71. The second-order valence-corrected chi connectivity index (χ2v) is 9.66. The Labute approximate surface area is 229 Å². The summed E-state index contributed by atoms with van der Waals surface area (Å²) in [6, 6.07) is 9.16. The molecule has 3 N–H and O–H groups in total. The van der Waals surface area contributed by atoms with Crippen LogP contribution in [0.5, 0.6) is 5.75 Å². The normalized spacial score (nSPS) is 14.4. The molecule has 0 atom stereocenters. The molecule has 1 aliphatic heterocycles. The molecule has 0 radical (unpaired) electrons. The maximum Gasteiger partial charge on any atom is 0.246 e. The van der Waals surface area contributed by atoms with Crippen LogP contribution in [0.3, 0.4) is 0 Å². The highest BCUT2D eigenvalue weighted by atomic mass is 19.2. The van der Waals surface area contributed by atoms with Gasteiger partial charge in [0.1, 0.15) is 12.3 Å². The van der Waals surface area contributed by atoms with Gasteiger partial charge in [0.05, 0.1) is 24.0 Å². The van der Waals surface area contributed by atoms with E-state index in [1.807, 2.05) is 18.2 Å². The topological polar surface area (TPSA) is 130 Å². The fraction of sp³-hybridized carbons (Fsp3) is 0.370. The summed E-state index contributed by atoms with van der Waals surface area (Å²) in [6.45, 7) is 3.61. The first-order valence-electron chi connectivity index (χ1n) is 13.1. The lowest BCUT2D eigenvalue weighted by Crippen LogP contribution is -2.35. The Bertz CT molecular complexity index is 1460. The molecule has 0 spiro atoms. The molecule has 0 unspecified atom stereocenters. The Morgan fingerprint density at radius 3 is 2.85 bits per heavy atom. The summed E-state index contributed by atoms with van der Waals surface area (Å²) >= 11 is 0. The van der Waals surface area contributed by atoms with Crippen molar-refractivity contribution in [3.05, 3.63) is 60.4 Å². The number of aromatic nitrogens is 5. The summed E-state index contributed by atoms with van der Waals surface area (Å²) < 4.78 is 34.3. The van der Waals surface area contributed by atoms with Gasteiger partial charge in [0.15, 0.2) is 17.5 Å². The van der Waals surface area contributed by atoms with Gasteiger partial charge >= 0.3 is 0 Å². The first kappa shape index (κ1) is 27.3. The van der Waals surface area contributed by atoms with Crippen LogP contribution in [0.4, 0.5) is 26.2 Å². The van der Waals surface area contributed by atoms with Crippen molar-refractivity contribution >= 4 is 34.3 Å². The number of aliphatic hydroxyl groups excluding tert-OH is 1. The molecule has 3 heterocycles. The predicted molar refractivity (Wildman–Crippen MR) is 144 cm³/mol. The highest BCUT2D eigenvalue weighted by molar-refractivity contribution is 5.90. The van der Waals surface area contributed by atoms with Gasteiger partial charge in [-0.25, -0.2) is 23.4 Å². The van der Waals surface area contributed by atoms with Crippen LogP contribution in [0.2, 0.25) is 0 Å². The van der Waals surface area contributed by atoms with Crippen molar-refractivity contribution in [3.8, 4) is 5.75 Å². The molecule has 0 saturated carbocycles. The smallest absolute Gasteiger partial charge is 0.246 e. The Balaban J connectivity index is 1.12. The third-order valence-electron chi connectivity index (χ3n) is 6.72. The summed E-state index contributed by atoms with van der Waals surface area (Å²) in [5.74, 6) is -1.04. The zero-order chi connectivity index (χ0) is 27.9. The number of nitrogens with zero attached hydrogens (tertiary/aromatic N) is 6. The number of carbonyl (C=O) groups is 1. The van der Waals surface area contributed by atoms with Crippen LogP contribution in [0.15, 0.2) is 48.8 Å². The number of anilines is 3. The zero-order valence-electron chi connectivity index (χ0n) is 21.8. The van der Waals surface area contributed by atoms with Crippen LogP contribution in [-0.2, 0) is 11.3 Å². The van der Waals surface area contributed by atoms with E-state index in [4.69, 9.17) is 4.74 Å². The molecule has 1 aliphatic rings. The van der Waals surface area contributed by atoms with Gasteiger partial charge in [-0.05, 0) is 62.5 Å². The van der Waals surface area contributed by atoms with E-state index in [0.717, 1.165) is 50.3 Å². The van der Waals surface area contributed by atoms with Crippen LogP contribution in [-0.4, -0.2) is 73.7 Å². The molecule has 5 rings (SSSR count). The number of piperidine rings is 1. The van der Waals surface area contributed by atoms with E-state index in [-0.39, 0.29) is 24.8 Å². The highest BCUT2D eigenvalue weighted by Crippen LogP contribution is 2.22. The number of amides is 1. The maximum absolute atomic E-state index is 13.8. The van der Waals surface area contributed by atoms with E-state index in [0.29, 0.717) is 29.6 Å². The van der Waals surface area contributed by atoms with Gasteiger partial charge in [0.25, 0.3) is 0 Å². The molecule has 1 fully saturated rings. The molecule has 13 heteroatoms. The van der Waals surface area contributed by atoms with Gasteiger partial charge < -0.3 is 25.4 Å². The lowest BCUT2D eigenvalue weighted by molar-refractivity contribution is -0.117.